The lowest BCUT2D eigenvalue weighted by Crippen LogP contribution is -2.63. The van der Waals surface area contributed by atoms with E-state index < -0.39 is 41.5 Å². The van der Waals surface area contributed by atoms with Gasteiger partial charge >= 0.3 is 5.97 Å². The van der Waals surface area contributed by atoms with Gasteiger partial charge in [-0.25, -0.2) is 9.80 Å². The maximum Gasteiger partial charge on any atom is 0.338 e. The molecule has 18 heteroatoms. The van der Waals surface area contributed by atoms with Crippen molar-refractivity contribution >= 4 is 29.4 Å². The van der Waals surface area contributed by atoms with Crippen LogP contribution in [0.4, 0.5) is 0 Å². The molecule has 10 N–H and O–H groups in total. The van der Waals surface area contributed by atoms with E-state index in [1.165, 1.54) is 5.01 Å². The van der Waals surface area contributed by atoms with Gasteiger partial charge in [-0.3, -0.25) is 20.7 Å². The van der Waals surface area contributed by atoms with Gasteiger partial charge in [-0.2, -0.15) is 0 Å². The number of ether oxygens (including phenoxy) is 1. The van der Waals surface area contributed by atoms with Crippen LogP contribution < -0.4 is 38.8 Å². The number of hydrogen-bond donors (Lipinski definition) is 7. The van der Waals surface area contributed by atoms with E-state index in [0.717, 1.165) is 0 Å². The Hall–Kier alpha value is -4.06. The van der Waals surface area contributed by atoms with E-state index in [2.05, 4.69) is 41.9 Å². The highest BCUT2D eigenvalue weighted by Crippen LogP contribution is 2.29. The minimum absolute atomic E-state index is 0.00444. The Kier molecular flexibility index (Phi) is 9.15. The number of nitrogens with zero attached hydrogens (tertiary/aromatic N) is 6. The van der Waals surface area contributed by atoms with Gasteiger partial charge in [0.05, 0.1) is 5.56 Å². The zero-order chi connectivity index (χ0) is 30.7. The Morgan fingerprint density at radius 2 is 1.71 bits per heavy atom. The van der Waals surface area contributed by atoms with Crippen LogP contribution >= 0.6 is 11.6 Å². The number of hydrogen-bond acceptors (Lipinski definition) is 13. The number of nitrogens with two attached hydrogens (primary N) is 3. The molecule has 3 heterocycles. The molecular formula is C24H36ClN13O4. The summed E-state index contributed by atoms with van der Waals surface area (Å²) in [5.74, 6) is 15.6. The molecule has 0 aliphatic carbocycles. The molecule has 1 aromatic carbocycles. The van der Waals surface area contributed by atoms with Crippen LogP contribution in [0.5, 0.6) is 0 Å². The molecule has 3 unspecified atom stereocenters. The third kappa shape index (κ3) is 7.04. The number of rotatable bonds is 6. The first kappa shape index (κ1) is 30.9. The number of likely N-dealkylation sites (tertiary alicyclic amines) is 1. The van der Waals surface area contributed by atoms with Crippen LogP contribution in [0.2, 0.25) is 0 Å². The van der Waals surface area contributed by atoms with Crippen LogP contribution in [0.15, 0.2) is 55.9 Å². The maximum atomic E-state index is 13.2. The first-order valence-electron chi connectivity index (χ1n) is 13.2. The molecule has 0 bridgehead atoms. The number of nitrogens with one attached hydrogen (secondary N) is 4. The van der Waals surface area contributed by atoms with Crippen LogP contribution in [0.3, 0.4) is 0 Å². The van der Waals surface area contributed by atoms with Crippen molar-refractivity contribution in [2.24, 2.45) is 38.2 Å². The summed E-state index contributed by atoms with van der Waals surface area (Å²) in [5, 5.41) is 27.2. The Morgan fingerprint density at radius 3 is 2.31 bits per heavy atom. The fourth-order valence-electron chi connectivity index (χ4n) is 4.99. The largest absolute Gasteiger partial charge is 0.456 e. The minimum atomic E-state index is -1.01. The zero-order valence-electron chi connectivity index (χ0n) is 23.5. The molecule has 228 valence electrons. The SMILES string of the molecule is CC(C)(C)OC(=O)c1ccc(C(=O)N2CCC3(CC2)CN(N)C(NC(=O)C2NC(Cl)=C(N=NN)NC2N=NN)N3)cc1. The van der Waals surface area contributed by atoms with Gasteiger partial charge in [0.1, 0.15) is 23.1 Å². The Balaban J connectivity index is 1.34. The molecule has 42 heavy (non-hydrogen) atoms. The summed E-state index contributed by atoms with van der Waals surface area (Å²) in [5.41, 5.74) is -0.183. The second kappa shape index (κ2) is 12.4. The lowest BCUT2D eigenvalue weighted by Gasteiger charge is -2.39. The van der Waals surface area contributed by atoms with Crippen molar-refractivity contribution < 1.29 is 19.1 Å². The first-order valence-corrected chi connectivity index (χ1v) is 13.6. The lowest BCUT2D eigenvalue weighted by atomic mass is 9.88. The zero-order valence-corrected chi connectivity index (χ0v) is 24.3. The average Bonchev–Trinajstić information content (AvgIpc) is 3.23. The van der Waals surface area contributed by atoms with E-state index in [-0.39, 0.29) is 16.9 Å². The Bertz CT molecular complexity index is 1270. The van der Waals surface area contributed by atoms with Crippen LogP contribution in [0.1, 0.15) is 54.3 Å². The molecule has 0 radical (unpaired) electrons. The fraction of sp³-hybridized carbons (Fsp3) is 0.542. The molecule has 3 atom stereocenters. The molecule has 0 saturated carbocycles. The summed E-state index contributed by atoms with van der Waals surface area (Å²) in [7, 11) is 0. The molecule has 3 aliphatic heterocycles. The van der Waals surface area contributed by atoms with Crippen LogP contribution in [0, 0.1) is 0 Å². The molecule has 1 spiro atoms. The molecule has 0 aromatic heterocycles. The highest BCUT2D eigenvalue weighted by atomic mass is 35.5. The molecule has 17 nitrogen and oxygen atoms in total. The van der Waals surface area contributed by atoms with E-state index in [1.54, 1.807) is 49.9 Å². The van der Waals surface area contributed by atoms with Gasteiger partial charge in [-0.15, -0.1) is 10.2 Å². The third-order valence-electron chi connectivity index (χ3n) is 7.03. The number of esters is 1. The Morgan fingerprint density at radius 1 is 1.07 bits per heavy atom. The number of piperidine rings is 1. The van der Waals surface area contributed by atoms with Gasteiger partial charge in [0.15, 0.2) is 12.0 Å². The number of benzene rings is 1. The highest BCUT2D eigenvalue weighted by molar-refractivity contribution is 6.29. The average molecular weight is 606 g/mol. The van der Waals surface area contributed by atoms with Crippen molar-refractivity contribution in [2.45, 2.75) is 63.3 Å². The van der Waals surface area contributed by atoms with Gasteiger partial charge in [0, 0.05) is 30.7 Å². The standard InChI is InChI=1S/C24H36ClN13O4/c1-23(2,3)42-21(41)14-6-4-13(5-7-14)20(40)37-10-8-24(9-11-37)12-38(28)22(32-24)31-19(39)15-17(33-35-26)30-18(34-36-27)16(25)29-15/h4-7,15,17,22,29-30,32H,8-12,28H2,1-3H3,(H2,26,33)(H2,27,34)(H,31,39). The smallest absolute Gasteiger partial charge is 0.338 e. The van der Waals surface area contributed by atoms with Crippen molar-refractivity contribution in [1.82, 2.24) is 31.2 Å². The number of halogens is 1. The third-order valence-corrected chi connectivity index (χ3v) is 7.32. The minimum Gasteiger partial charge on any atom is -0.456 e. The summed E-state index contributed by atoms with van der Waals surface area (Å²) in [6, 6.07) is 5.43. The van der Waals surface area contributed by atoms with Gasteiger partial charge in [0.2, 0.25) is 5.91 Å². The summed E-state index contributed by atoms with van der Waals surface area (Å²) >= 11 is 6.17. The maximum absolute atomic E-state index is 13.2. The topological polar surface area (TPSA) is 243 Å². The molecule has 2 fully saturated rings. The molecule has 3 aliphatic rings. The predicted octanol–water partition coefficient (Wildman–Crippen LogP) is -0.300. The quantitative estimate of drug-likeness (QED) is 0.0729. The second-order valence-corrected chi connectivity index (χ2v) is 11.6. The van der Waals surface area contributed by atoms with Crippen molar-refractivity contribution in [1.29, 1.82) is 0 Å². The number of hydrazine groups is 1. The summed E-state index contributed by atoms with van der Waals surface area (Å²) in [6.45, 7) is 6.77. The van der Waals surface area contributed by atoms with Crippen LogP contribution in [-0.4, -0.2) is 77.0 Å². The molecule has 4 rings (SSSR count). The van der Waals surface area contributed by atoms with Crippen molar-refractivity contribution in [2.75, 3.05) is 19.6 Å². The van der Waals surface area contributed by atoms with Gasteiger partial charge in [0.25, 0.3) is 5.91 Å². The first-order chi connectivity index (χ1) is 19.8. The van der Waals surface area contributed by atoms with Crippen molar-refractivity contribution in [3.05, 3.63) is 46.4 Å². The normalized spacial score (nSPS) is 24.6. The van der Waals surface area contributed by atoms with E-state index in [0.29, 0.717) is 43.6 Å². The van der Waals surface area contributed by atoms with Gasteiger partial charge < -0.3 is 37.3 Å². The molecular weight excluding hydrogens is 570 g/mol. The number of amides is 2. The van der Waals surface area contributed by atoms with E-state index in [9.17, 15) is 14.4 Å². The second-order valence-electron chi connectivity index (χ2n) is 11.2. The lowest BCUT2D eigenvalue weighted by molar-refractivity contribution is -0.125. The van der Waals surface area contributed by atoms with E-state index in [1.807, 2.05) is 0 Å². The summed E-state index contributed by atoms with van der Waals surface area (Å²) in [4.78, 5) is 40.4. The van der Waals surface area contributed by atoms with E-state index in [4.69, 9.17) is 33.9 Å². The highest BCUT2D eigenvalue weighted by Gasteiger charge is 2.46. The van der Waals surface area contributed by atoms with Crippen LogP contribution in [0.25, 0.3) is 0 Å². The van der Waals surface area contributed by atoms with Gasteiger partial charge in [-0.1, -0.05) is 22.0 Å². The number of carbonyl (C=O) groups is 3. The monoisotopic (exact) mass is 605 g/mol. The Labute approximate surface area is 247 Å². The predicted molar refractivity (Wildman–Crippen MR) is 150 cm³/mol. The van der Waals surface area contributed by atoms with E-state index >= 15 is 0 Å². The molecule has 2 saturated heterocycles. The number of carbonyl (C=O) groups excluding carboxylic acids is 3. The van der Waals surface area contributed by atoms with Gasteiger partial charge in [-0.05, 0) is 57.9 Å². The summed E-state index contributed by atoms with van der Waals surface area (Å²) in [6.07, 6.45) is -0.453. The van der Waals surface area contributed by atoms with Crippen LogP contribution in [-0.2, 0) is 9.53 Å². The molecule has 2 amide bonds. The van der Waals surface area contributed by atoms with Crippen molar-refractivity contribution in [3.63, 3.8) is 0 Å². The fourth-order valence-corrected chi connectivity index (χ4v) is 5.20. The summed E-state index contributed by atoms with van der Waals surface area (Å²) < 4.78 is 5.38. The molecule has 1 aromatic rings. The van der Waals surface area contributed by atoms with Crippen molar-refractivity contribution in [3.8, 4) is 0 Å².